The van der Waals surface area contributed by atoms with E-state index in [1.54, 1.807) is 11.3 Å². The van der Waals surface area contributed by atoms with Gasteiger partial charge >= 0.3 is 0 Å². The van der Waals surface area contributed by atoms with Crippen molar-refractivity contribution in [2.45, 2.75) is 45.6 Å². The lowest BCUT2D eigenvalue weighted by molar-refractivity contribution is -0.121. The number of H-pyrrole nitrogens is 1. The second-order valence-electron chi connectivity index (χ2n) is 8.56. The summed E-state index contributed by atoms with van der Waals surface area (Å²) < 4.78 is 5.37. The zero-order valence-corrected chi connectivity index (χ0v) is 20.6. The molecule has 1 aromatic carbocycles. The van der Waals surface area contributed by atoms with Gasteiger partial charge in [-0.2, -0.15) is 0 Å². The summed E-state index contributed by atoms with van der Waals surface area (Å²) in [6.45, 7) is 6.65. The van der Waals surface area contributed by atoms with Crippen LogP contribution in [0, 0.1) is 6.92 Å². The number of anilines is 1. The third kappa shape index (κ3) is 5.93. The Labute approximate surface area is 204 Å². The van der Waals surface area contributed by atoms with E-state index in [0.717, 1.165) is 23.3 Å². The van der Waals surface area contributed by atoms with E-state index in [-0.39, 0.29) is 23.9 Å². The van der Waals surface area contributed by atoms with Gasteiger partial charge in [0.05, 0.1) is 19.3 Å². The van der Waals surface area contributed by atoms with Crippen molar-refractivity contribution in [3.05, 3.63) is 79.4 Å². The van der Waals surface area contributed by atoms with Crippen LogP contribution in [0.3, 0.4) is 0 Å². The first-order valence-corrected chi connectivity index (χ1v) is 12.8. The molecule has 2 N–H and O–H groups in total. The van der Waals surface area contributed by atoms with Crippen molar-refractivity contribution in [1.29, 1.82) is 0 Å². The van der Waals surface area contributed by atoms with Crippen LogP contribution in [-0.2, 0) is 22.4 Å². The number of benzene rings is 1. The lowest BCUT2D eigenvalue weighted by Crippen LogP contribution is -2.38. The molecule has 4 rings (SSSR count). The van der Waals surface area contributed by atoms with E-state index < -0.39 is 0 Å². The molecule has 0 spiro atoms. The number of thiophene rings is 1. The molecule has 1 atom stereocenters. The second kappa shape index (κ2) is 11.4. The lowest BCUT2D eigenvalue weighted by atomic mass is 10.0. The van der Waals surface area contributed by atoms with E-state index in [1.807, 2.05) is 29.3 Å². The number of carbonyl (C=O) groups is 1. The highest BCUT2D eigenvalue weighted by molar-refractivity contribution is 7.10. The van der Waals surface area contributed by atoms with Crippen LogP contribution in [0.1, 0.15) is 53.1 Å². The molecule has 34 heavy (non-hydrogen) atoms. The van der Waals surface area contributed by atoms with Gasteiger partial charge < -0.3 is 15.0 Å². The SMILES string of the molecule is CCCc1ccc(C(NC(=O)CCc2c(C)nc(N3CCOCC3)[nH]c2=O)c2cccs2)cc1. The van der Waals surface area contributed by atoms with E-state index in [2.05, 4.69) is 46.5 Å². The normalized spacial score (nSPS) is 14.7. The molecule has 1 fully saturated rings. The third-order valence-electron chi connectivity index (χ3n) is 6.11. The predicted molar refractivity (Wildman–Crippen MR) is 136 cm³/mol. The van der Waals surface area contributed by atoms with Crippen molar-refractivity contribution in [3.8, 4) is 0 Å². The maximum absolute atomic E-state index is 12.9. The highest BCUT2D eigenvalue weighted by Crippen LogP contribution is 2.27. The highest BCUT2D eigenvalue weighted by Gasteiger charge is 2.20. The van der Waals surface area contributed by atoms with Crippen molar-refractivity contribution in [1.82, 2.24) is 15.3 Å². The fourth-order valence-electron chi connectivity index (χ4n) is 4.23. The summed E-state index contributed by atoms with van der Waals surface area (Å²) in [5.74, 6) is 0.482. The van der Waals surface area contributed by atoms with E-state index in [1.165, 1.54) is 5.56 Å². The van der Waals surface area contributed by atoms with Crippen LogP contribution in [0.4, 0.5) is 5.95 Å². The highest BCUT2D eigenvalue weighted by atomic mass is 32.1. The third-order valence-corrected chi connectivity index (χ3v) is 7.04. The summed E-state index contributed by atoms with van der Waals surface area (Å²) >= 11 is 1.62. The van der Waals surface area contributed by atoms with Crippen molar-refractivity contribution in [2.75, 3.05) is 31.2 Å². The maximum atomic E-state index is 12.9. The average molecular weight is 481 g/mol. The number of aryl methyl sites for hydroxylation is 2. The Morgan fingerprint density at radius 2 is 1.97 bits per heavy atom. The lowest BCUT2D eigenvalue weighted by Gasteiger charge is -2.27. The first-order valence-electron chi connectivity index (χ1n) is 11.9. The fraction of sp³-hybridized carbons (Fsp3) is 0.423. The molecule has 1 unspecified atom stereocenters. The van der Waals surface area contributed by atoms with Crippen LogP contribution < -0.4 is 15.8 Å². The van der Waals surface area contributed by atoms with Gasteiger partial charge in [0.15, 0.2) is 0 Å². The summed E-state index contributed by atoms with van der Waals surface area (Å²) in [5.41, 5.74) is 3.40. The number of nitrogens with zero attached hydrogens (tertiary/aromatic N) is 2. The van der Waals surface area contributed by atoms with Gasteiger partial charge in [-0.25, -0.2) is 4.98 Å². The zero-order valence-electron chi connectivity index (χ0n) is 19.8. The van der Waals surface area contributed by atoms with Crippen molar-refractivity contribution in [2.24, 2.45) is 0 Å². The molecule has 3 aromatic rings. The van der Waals surface area contributed by atoms with Crippen LogP contribution in [0.5, 0.6) is 0 Å². The van der Waals surface area contributed by atoms with Gasteiger partial charge in [-0.3, -0.25) is 14.6 Å². The summed E-state index contributed by atoms with van der Waals surface area (Å²) in [6, 6.07) is 12.3. The summed E-state index contributed by atoms with van der Waals surface area (Å²) in [4.78, 5) is 36.3. The number of amides is 1. The number of rotatable bonds is 9. The van der Waals surface area contributed by atoms with E-state index in [4.69, 9.17) is 4.74 Å². The number of morpholine rings is 1. The van der Waals surface area contributed by atoms with Crippen LogP contribution in [0.25, 0.3) is 0 Å². The smallest absolute Gasteiger partial charge is 0.255 e. The molecule has 0 radical (unpaired) electrons. The van der Waals surface area contributed by atoms with Gasteiger partial charge in [0.2, 0.25) is 11.9 Å². The molecule has 1 aliphatic heterocycles. The zero-order chi connectivity index (χ0) is 23.9. The first kappa shape index (κ1) is 24.2. The Kier molecular flexibility index (Phi) is 8.13. The molecule has 0 aliphatic carbocycles. The van der Waals surface area contributed by atoms with Crippen LogP contribution in [0.15, 0.2) is 46.6 Å². The Morgan fingerprint density at radius 3 is 2.62 bits per heavy atom. The van der Waals surface area contributed by atoms with E-state index in [9.17, 15) is 9.59 Å². The summed E-state index contributed by atoms with van der Waals surface area (Å²) in [7, 11) is 0. The quantitative estimate of drug-likeness (QED) is 0.487. The Morgan fingerprint density at radius 1 is 1.21 bits per heavy atom. The van der Waals surface area contributed by atoms with E-state index >= 15 is 0 Å². The van der Waals surface area contributed by atoms with Gasteiger partial charge in [0, 0.05) is 35.6 Å². The minimum absolute atomic E-state index is 0.0907. The number of ether oxygens (including phenoxy) is 1. The first-order chi connectivity index (χ1) is 16.5. The summed E-state index contributed by atoms with van der Waals surface area (Å²) in [6.07, 6.45) is 2.71. The van der Waals surface area contributed by atoms with Gasteiger partial charge in [0.1, 0.15) is 0 Å². The molecule has 8 heteroatoms. The molecule has 0 bridgehead atoms. The number of aromatic nitrogens is 2. The molecule has 180 valence electrons. The molecule has 7 nitrogen and oxygen atoms in total. The maximum Gasteiger partial charge on any atom is 0.255 e. The number of nitrogens with one attached hydrogen (secondary N) is 2. The molecule has 1 amide bonds. The molecule has 3 heterocycles. The summed E-state index contributed by atoms with van der Waals surface area (Å²) in [5, 5.41) is 5.19. The fourth-order valence-corrected chi connectivity index (χ4v) is 5.03. The second-order valence-corrected chi connectivity index (χ2v) is 9.54. The molecule has 2 aromatic heterocycles. The number of hydrogen-bond acceptors (Lipinski definition) is 6. The molecular weight excluding hydrogens is 448 g/mol. The molecule has 1 aliphatic rings. The standard InChI is InChI=1S/C26H32N4O3S/c1-3-5-19-7-9-20(10-8-19)24(22-6-4-17-34-22)28-23(31)12-11-21-18(2)27-26(29-25(21)32)30-13-15-33-16-14-30/h4,6-10,17,24H,3,5,11-16H2,1-2H3,(H,28,31)(H,27,29,32). The molecule has 0 saturated carbocycles. The Hall–Kier alpha value is -2.97. The topological polar surface area (TPSA) is 87.3 Å². The Bertz CT molecular complexity index is 1140. The number of carbonyl (C=O) groups excluding carboxylic acids is 1. The van der Waals surface area contributed by atoms with Crippen molar-refractivity contribution in [3.63, 3.8) is 0 Å². The van der Waals surface area contributed by atoms with Crippen molar-refractivity contribution >= 4 is 23.2 Å². The average Bonchev–Trinajstić information content (AvgIpc) is 3.38. The van der Waals surface area contributed by atoms with Gasteiger partial charge in [-0.1, -0.05) is 43.7 Å². The van der Waals surface area contributed by atoms with E-state index in [0.29, 0.717) is 49.9 Å². The van der Waals surface area contributed by atoms with Gasteiger partial charge in [-0.05, 0) is 42.3 Å². The predicted octanol–water partition coefficient (Wildman–Crippen LogP) is 3.77. The largest absolute Gasteiger partial charge is 0.378 e. The number of hydrogen-bond donors (Lipinski definition) is 2. The van der Waals surface area contributed by atoms with Gasteiger partial charge in [-0.15, -0.1) is 11.3 Å². The monoisotopic (exact) mass is 480 g/mol. The minimum Gasteiger partial charge on any atom is -0.378 e. The molecule has 1 saturated heterocycles. The number of aromatic amines is 1. The van der Waals surface area contributed by atoms with Crippen LogP contribution in [-0.4, -0.2) is 42.2 Å². The molecular formula is C26H32N4O3S. The Balaban J connectivity index is 1.43. The van der Waals surface area contributed by atoms with Crippen LogP contribution >= 0.6 is 11.3 Å². The van der Waals surface area contributed by atoms with Crippen molar-refractivity contribution < 1.29 is 9.53 Å². The van der Waals surface area contributed by atoms with Gasteiger partial charge in [0.25, 0.3) is 5.56 Å². The van der Waals surface area contributed by atoms with Crippen LogP contribution in [0.2, 0.25) is 0 Å². The minimum atomic E-state index is -0.204.